The largest absolute Gasteiger partial charge is 0.384 e. The van der Waals surface area contributed by atoms with Crippen LogP contribution in [0.15, 0.2) is 84.4 Å². The number of nitrogen functional groups attached to an aromatic ring is 1. The van der Waals surface area contributed by atoms with Crippen LogP contribution >= 0.6 is 0 Å². The van der Waals surface area contributed by atoms with E-state index in [1.54, 1.807) is 0 Å². The number of nitrogens with zero attached hydrogens (tertiary/aromatic N) is 1. The molecule has 1 aliphatic heterocycles. The third-order valence-corrected chi connectivity index (χ3v) is 5.35. The lowest BCUT2D eigenvalue weighted by Gasteiger charge is -2.30. The molecule has 3 N–H and O–H groups in total. The molecule has 140 valence electrons. The van der Waals surface area contributed by atoms with Gasteiger partial charge in [0.25, 0.3) is 0 Å². The Bertz CT molecular complexity index is 978. The molecule has 0 unspecified atom stereocenters. The first-order chi connectivity index (χ1) is 13.7. The molecule has 0 aliphatic carbocycles. The van der Waals surface area contributed by atoms with Gasteiger partial charge in [0.05, 0.1) is 0 Å². The zero-order valence-electron chi connectivity index (χ0n) is 15.9. The number of nitrogens with two attached hydrogens (primary N) is 1. The summed E-state index contributed by atoms with van der Waals surface area (Å²) in [6.07, 6.45) is 4.51. The van der Waals surface area contributed by atoms with E-state index in [9.17, 15) is 0 Å². The van der Waals surface area contributed by atoms with Gasteiger partial charge in [0.2, 0.25) is 0 Å². The van der Waals surface area contributed by atoms with E-state index in [1.807, 2.05) is 12.1 Å². The van der Waals surface area contributed by atoms with Crippen LogP contribution < -0.4 is 10.6 Å². The standard InChI is InChI=1S/C25H25N3/c26-25(27)21-10-12-23(13-11-21)28-16-14-19(15-17-28)18-22-8-4-5-9-24(22)20-6-2-1-3-7-20/h1-13,18H,14-17H2,(H3,26,27). The lowest BCUT2D eigenvalue weighted by Crippen LogP contribution is -2.30. The van der Waals surface area contributed by atoms with Crippen LogP contribution in [0.2, 0.25) is 0 Å². The van der Waals surface area contributed by atoms with E-state index < -0.39 is 0 Å². The molecule has 0 amide bonds. The van der Waals surface area contributed by atoms with Gasteiger partial charge in [-0.2, -0.15) is 0 Å². The molecule has 3 aromatic carbocycles. The summed E-state index contributed by atoms with van der Waals surface area (Å²) >= 11 is 0. The minimum absolute atomic E-state index is 0.118. The minimum atomic E-state index is 0.118. The molecule has 0 saturated carbocycles. The van der Waals surface area contributed by atoms with Crippen LogP contribution in [-0.4, -0.2) is 18.9 Å². The fraction of sp³-hybridized carbons (Fsp3) is 0.160. The fourth-order valence-corrected chi connectivity index (χ4v) is 3.77. The Hall–Kier alpha value is -3.33. The van der Waals surface area contributed by atoms with E-state index in [4.69, 9.17) is 11.1 Å². The van der Waals surface area contributed by atoms with Crippen molar-refractivity contribution in [2.45, 2.75) is 12.8 Å². The van der Waals surface area contributed by atoms with Crippen molar-refractivity contribution < 1.29 is 0 Å². The highest BCUT2D eigenvalue weighted by Crippen LogP contribution is 2.29. The molecule has 1 heterocycles. The SMILES string of the molecule is N=C(N)c1ccc(N2CCC(=Cc3ccccc3-c3ccccc3)CC2)cc1. The maximum absolute atomic E-state index is 7.52. The molecule has 0 spiro atoms. The third-order valence-electron chi connectivity index (χ3n) is 5.35. The Balaban J connectivity index is 1.49. The molecular weight excluding hydrogens is 342 g/mol. The number of hydrogen-bond donors (Lipinski definition) is 2. The molecule has 1 aliphatic rings. The molecule has 0 atom stereocenters. The van der Waals surface area contributed by atoms with Gasteiger partial charge in [-0.3, -0.25) is 5.41 Å². The third kappa shape index (κ3) is 3.99. The number of nitrogens with one attached hydrogen (secondary N) is 1. The van der Waals surface area contributed by atoms with Crippen LogP contribution in [0.5, 0.6) is 0 Å². The summed E-state index contributed by atoms with van der Waals surface area (Å²) in [4.78, 5) is 2.41. The van der Waals surface area contributed by atoms with E-state index >= 15 is 0 Å². The number of anilines is 1. The Morgan fingerprint density at radius 2 is 1.46 bits per heavy atom. The average Bonchev–Trinajstić information content (AvgIpc) is 2.75. The lowest BCUT2D eigenvalue weighted by molar-refractivity contribution is 0.689. The van der Waals surface area contributed by atoms with Gasteiger partial charge in [-0.15, -0.1) is 0 Å². The highest BCUT2D eigenvalue weighted by atomic mass is 15.1. The minimum Gasteiger partial charge on any atom is -0.384 e. The first-order valence-electron chi connectivity index (χ1n) is 9.74. The summed E-state index contributed by atoms with van der Waals surface area (Å²) in [6, 6.07) is 27.2. The average molecular weight is 367 g/mol. The first kappa shape index (κ1) is 18.1. The summed E-state index contributed by atoms with van der Waals surface area (Å²) in [7, 11) is 0. The Labute approximate surface area is 166 Å². The van der Waals surface area contributed by atoms with Gasteiger partial charge in [0.1, 0.15) is 5.84 Å². The molecule has 1 fully saturated rings. The Kier molecular flexibility index (Phi) is 5.24. The lowest BCUT2D eigenvalue weighted by atomic mass is 9.95. The van der Waals surface area contributed by atoms with Crippen molar-refractivity contribution >= 4 is 17.6 Å². The predicted molar refractivity (Wildman–Crippen MR) is 119 cm³/mol. The number of piperidine rings is 1. The smallest absolute Gasteiger partial charge is 0.122 e. The van der Waals surface area contributed by atoms with Gasteiger partial charge >= 0.3 is 0 Å². The normalized spacial score (nSPS) is 14.0. The summed E-state index contributed by atoms with van der Waals surface area (Å²) in [5.74, 6) is 0.118. The van der Waals surface area contributed by atoms with Crippen molar-refractivity contribution in [3.8, 4) is 11.1 Å². The zero-order chi connectivity index (χ0) is 19.3. The van der Waals surface area contributed by atoms with E-state index in [1.165, 1.54) is 28.0 Å². The van der Waals surface area contributed by atoms with E-state index in [-0.39, 0.29) is 5.84 Å². The monoisotopic (exact) mass is 367 g/mol. The molecule has 0 bridgehead atoms. The molecule has 3 nitrogen and oxygen atoms in total. The summed E-state index contributed by atoms with van der Waals surface area (Å²) in [5, 5.41) is 7.52. The van der Waals surface area contributed by atoms with Crippen molar-refractivity contribution in [2.75, 3.05) is 18.0 Å². The number of benzene rings is 3. The summed E-state index contributed by atoms with van der Waals surface area (Å²) in [6.45, 7) is 2.03. The van der Waals surface area contributed by atoms with Crippen LogP contribution in [0.4, 0.5) is 5.69 Å². The number of rotatable bonds is 4. The molecule has 3 aromatic rings. The molecule has 4 rings (SSSR count). The maximum Gasteiger partial charge on any atom is 0.122 e. The molecule has 3 heteroatoms. The maximum atomic E-state index is 7.52. The first-order valence-corrected chi connectivity index (χ1v) is 9.74. The molecular formula is C25H25N3. The van der Waals surface area contributed by atoms with Crippen LogP contribution in [0.1, 0.15) is 24.0 Å². The van der Waals surface area contributed by atoms with Gasteiger partial charge in [-0.25, -0.2) is 0 Å². The van der Waals surface area contributed by atoms with E-state index in [0.717, 1.165) is 31.5 Å². The van der Waals surface area contributed by atoms with Gasteiger partial charge in [0.15, 0.2) is 0 Å². The van der Waals surface area contributed by atoms with Crippen molar-refractivity contribution in [2.24, 2.45) is 5.73 Å². The second-order valence-corrected chi connectivity index (χ2v) is 7.20. The number of hydrogen-bond acceptors (Lipinski definition) is 2. The van der Waals surface area contributed by atoms with Gasteiger partial charge in [-0.05, 0) is 53.8 Å². The molecule has 28 heavy (non-hydrogen) atoms. The van der Waals surface area contributed by atoms with Gasteiger partial charge in [0, 0.05) is 24.3 Å². The molecule has 0 aromatic heterocycles. The second kappa shape index (κ2) is 8.13. The van der Waals surface area contributed by atoms with E-state index in [2.05, 4.69) is 77.7 Å². The Morgan fingerprint density at radius 3 is 2.14 bits per heavy atom. The topological polar surface area (TPSA) is 53.1 Å². The van der Waals surface area contributed by atoms with Gasteiger partial charge < -0.3 is 10.6 Å². The highest BCUT2D eigenvalue weighted by molar-refractivity contribution is 5.95. The van der Waals surface area contributed by atoms with Crippen molar-refractivity contribution in [3.05, 3.63) is 95.6 Å². The van der Waals surface area contributed by atoms with Crippen molar-refractivity contribution in [1.29, 1.82) is 5.41 Å². The van der Waals surface area contributed by atoms with Crippen LogP contribution in [0, 0.1) is 5.41 Å². The molecule has 0 radical (unpaired) electrons. The van der Waals surface area contributed by atoms with Crippen LogP contribution in [0.25, 0.3) is 17.2 Å². The number of amidine groups is 1. The van der Waals surface area contributed by atoms with E-state index in [0.29, 0.717) is 0 Å². The Morgan fingerprint density at radius 1 is 0.821 bits per heavy atom. The summed E-state index contributed by atoms with van der Waals surface area (Å²) < 4.78 is 0. The summed E-state index contributed by atoms with van der Waals surface area (Å²) in [5.41, 5.74) is 12.9. The zero-order valence-corrected chi connectivity index (χ0v) is 15.9. The van der Waals surface area contributed by atoms with Crippen LogP contribution in [0.3, 0.4) is 0 Å². The molecule has 1 saturated heterocycles. The van der Waals surface area contributed by atoms with Crippen LogP contribution in [-0.2, 0) is 0 Å². The quantitative estimate of drug-likeness (QED) is 0.484. The van der Waals surface area contributed by atoms with Crippen molar-refractivity contribution in [1.82, 2.24) is 0 Å². The second-order valence-electron chi connectivity index (χ2n) is 7.20. The fourth-order valence-electron chi connectivity index (χ4n) is 3.77. The predicted octanol–water partition coefficient (Wildman–Crippen LogP) is 5.32. The highest BCUT2D eigenvalue weighted by Gasteiger charge is 2.15. The van der Waals surface area contributed by atoms with Crippen molar-refractivity contribution in [3.63, 3.8) is 0 Å². The van der Waals surface area contributed by atoms with Gasteiger partial charge in [-0.1, -0.05) is 66.2 Å².